The van der Waals surface area contributed by atoms with Crippen LogP contribution in [0.4, 0.5) is 0 Å². The van der Waals surface area contributed by atoms with Crippen LogP contribution in [0.15, 0.2) is 61.1 Å². The standard InChI is InChI=1S/C23H20N6/c24-12-16-3-1-4-18(11-16)22-19(13-27-28-22)15-29-9-6-17(7-10-29)21-14-26-23-20(21)5-2-8-25-23/h1-6,8,11,13-14H,7,9-10,15H2,(H,25,26)(H,27,28). The lowest BCUT2D eigenvalue weighted by molar-refractivity contribution is 0.294. The van der Waals surface area contributed by atoms with Crippen LogP contribution < -0.4 is 0 Å². The second kappa shape index (κ2) is 7.38. The van der Waals surface area contributed by atoms with Gasteiger partial charge in [0.05, 0.1) is 23.5 Å². The molecule has 5 rings (SSSR count). The lowest BCUT2D eigenvalue weighted by Gasteiger charge is -2.26. The van der Waals surface area contributed by atoms with E-state index in [2.05, 4.69) is 49.5 Å². The van der Waals surface area contributed by atoms with Gasteiger partial charge in [-0.1, -0.05) is 18.2 Å². The number of nitrogens with one attached hydrogen (secondary N) is 2. The Morgan fingerprint density at radius 2 is 2.17 bits per heavy atom. The van der Waals surface area contributed by atoms with Gasteiger partial charge in [0.25, 0.3) is 0 Å². The number of nitriles is 1. The maximum absolute atomic E-state index is 9.16. The van der Waals surface area contributed by atoms with E-state index in [1.54, 1.807) is 0 Å². The molecule has 1 aliphatic rings. The van der Waals surface area contributed by atoms with Gasteiger partial charge in [-0.3, -0.25) is 10.00 Å². The lowest BCUT2D eigenvalue weighted by atomic mass is 9.99. The Morgan fingerprint density at radius 3 is 3.03 bits per heavy atom. The number of rotatable bonds is 4. The van der Waals surface area contributed by atoms with Crippen molar-refractivity contribution < 1.29 is 0 Å². The summed E-state index contributed by atoms with van der Waals surface area (Å²) in [6.07, 6.45) is 9.08. The molecule has 6 heteroatoms. The molecule has 0 saturated carbocycles. The van der Waals surface area contributed by atoms with Crippen molar-refractivity contribution in [3.63, 3.8) is 0 Å². The molecule has 0 amide bonds. The van der Waals surface area contributed by atoms with E-state index < -0.39 is 0 Å². The van der Waals surface area contributed by atoms with Gasteiger partial charge in [0.1, 0.15) is 5.65 Å². The number of hydrogen-bond acceptors (Lipinski definition) is 4. The molecule has 6 nitrogen and oxygen atoms in total. The Bertz CT molecular complexity index is 1240. The van der Waals surface area contributed by atoms with Crippen molar-refractivity contribution in [2.45, 2.75) is 13.0 Å². The van der Waals surface area contributed by atoms with Gasteiger partial charge in [-0.15, -0.1) is 0 Å². The molecule has 0 saturated heterocycles. The first-order valence-corrected chi connectivity index (χ1v) is 9.68. The average Bonchev–Trinajstić information content (AvgIpc) is 3.41. The van der Waals surface area contributed by atoms with Crippen molar-refractivity contribution in [2.75, 3.05) is 13.1 Å². The van der Waals surface area contributed by atoms with E-state index >= 15 is 0 Å². The number of H-pyrrole nitrogens is 2. The molecule has 0 fully saturated rings. The summed E-state index contributed by atoms with van der Waals surface area (Å²) < 4.78 is 0. The van der Waals surface area contributed by atoms with E-state index in [-0.39, 0.29) is 0 Å². The highest BCUT2D eigenvalue weighted by atomic mass is 15.1. The van der Waals surface area contributed by atoms with E-state index in [1.807, 2.05) is 42.7 Å². The second-order valence-electron chi connectivity index (χ2n) is 7.28. The Hall–Kier alpha value is -3.69. The van der Waals surface area contributed by atoms with Crippen molar-refractivity contribution in [2.24, 2.45) is 0 Å². The Kier molecular flexibility index (Phi) is 4.43. The van der Waals surface area contributed by atoms with Crippen LogP contribution in [0.25, 0.3) is 27.9 Å². The van der Waals surface area contributed by atoms with E-state index in [0.717, 1.165) is 48.5 Å². The summed E-state index contributed by atoms with van der Waals surface area (Å²) >= 11 is 0. The van der Waals surface area contributed by atoms with Gasteiger partial charge < -0.3 is 4.98 Å². The molecular formula is C23H20N6. The predicted octanol–water partition coefficient (Wildman–Crippen LogP) is 4.11. The minimum absolute atomic E-state index is 0.654. The fourth-order valence-electron chi connectivity index (χ4n) is 3.99. The molecule has 29 heavy (non-hydrogen) atoms. The number of benzene rings is 1. The quantitative estimate of drug-likeness (QED) is 0.558. The van der Waals surface area contributed by atoms with Gasteiger partial charge in [0.2, 0.25) is 0 Å². The molecule has 4 heterocycles. The smallest absolute Gasteiger partial charge is 0.137 e. The first-order chi connectivity index (χ1) is 14.3. The summed E-state index contributed by atoms with van der Waals surface area (Å²) in [5, 5.41) is 17.7. The third-order valence-corrected chi connectivity index (χ3v) is 5.48. The number of hydrogen-bond donors (Lipinski definition) is 2. The highest BCUT2D eigenvalue weighted by Crippen LogP contribution is 2.29. The zero-order valence-electron chi connectivity index (χ0n) is 15.9. The van der Waals surface area contributed by atoms with Crippen LogP contribution in [0.2, 0.25) is 0 Å². The summed E-state index contributed by atoms with van der Waals surface area (Å²) in [7, 11) is 0. The van der Waals surface area contributed by atoms with Crippen LogP contribution in [-0.4, -0.2) is 38.2 Å². The molecule has 1 aliphatic heterocycles. The summed E-state index contributed by atoms with van der Waals surface area (Å²) in [4.78, 5) is 10.1. The van der Waals surface area contributed by atoms with Crippen LogP contribution in [0.3, 0.4) is 0 Å². The Morgan fingerprint density at radius 1 is 1.21 bits per heavy atom. The number of aromatic amines is 2. The van der Waals surface area contributed by atoms with Gasteiger partial charge in [0.15, 0.2) is 0 Å². The van der Waals surface area contributed by atoms with Crippen molar-refractivity contribution in [3.05, 3.63) is 77.8 Å². The largest absolute Gasteiger partial charge is 0.346 e. The first-order valence-electron chi connectivity index (χ1n) is 9.68. The molecule has 142 valence electrons. The highest BCUT2D eigenvalue weighted by Gasteiger charge is 2.18. The van der Waals surface area contributed by atoms with E-state index in [0.29, 0.717) is 5.56 Å². The average molecular weight is 380 g/mol. The summed E-state index contributed by atoms with van der Waals surface area (Å²) in [5.41, 5.74) is 7.35. The van der Waals surface area contributed by atoms with Crippen molar-refractivity contribution in [1.29, 1.82) is 5.26 Å². The highest BCUT2D eigenvalue weighted by molar-refractivity contribution is 5.90. The maximum atomic E-state index is 9.16. The molecule has 0 aliphatic carbocycles. The molecule has 4 aromatic rings. The third kappa shape index (κ3) is 3.33. The molecule has 0 radical (unpaired) electrons. The van der Waals surface area contributed by atoms with Gasteiger partial charge >= 0.3 is 0 Å². The molecular weight excluding hydrogens is 360 g/mol. The maximum Gasteiger partial charge on any atom is 0.137 e. The lowest BCUT2D eigenvalue weighted by Crippen LogP contribution is -2.28. The van der Waals surface area contributed by atoms with Gasteiger partial charge in [-0.2, -0.15) is 10.4 Å². The minimum atomic E-state index is 0.654. The second-order valence-corrected chi connectivity index (χ2v) is 7.28. The molecule has 0 unspecified atom stereocenters. The fraction of sp³-hybridized carbons (Fsp3) is 0.174. The van der Waals surface area contributed by atoms with Crippen LogP contribution in [0, 0.1) is 11.3 Å². The topological polar surface area (TPSA) is 84.4 Å². The first kappa shape index (κ1) is 17.4. The number of pyridine rings is 1. The minimum Gasteiger partial charge on any atom is -0.346 e. The monoisotopic (exact) mass is 380 g/mol. The zero-order chi connectivity index (χ0) is 19.6. The van der Waals surface area contributed by atoms with Crippen LogP contribution in [-0.2, 0) is 6.54 Å². The normalized spacial score (nSPS) is 14.7. The molecule has 1 aromatic carbocycles. The van der Waals surface area contributed by atoms with Gasteiger partial charge in [-0.05, 0) is 36.3 Å². The fourth-order valence-corrected chi connectivity index (χ4v) is 3.99. The van der Waals surface area contributed by atoms with Crippen molar-refractivity contribution in [3.8, 4) is 17.3 Å². The Balaban J connectivity index is 1.34. The molecule has 0 spiro atoms. The third-order valence-electron chi connectivity index (χ3n) is 5.48. The molecule has 2 N–H and O–H groups in total. The summed E-state index contributed by atoms with van der Waals surface area (Å²) in [6, 6.07) is 13.9. The SMILES string of the molecule is N#Cc1cccc(-c2[nH]ncc2CN2CC=C(c3c[nH]c4ncccc34)CC2)c1. The van der Waals surface area contributed by atoms with E-state index in [1.165, 1.54) is 16.5 Å². The molecule has 0 bridgehead atoms. The van der Waals surface area contributed by atoms with E-state index in [9.17, 15) is 0 Å². The molecule has 0 atom stereocenters. The summed E-state index contributed by atoms with van der Waals surface area (Å²) in [5.74, 6) is 0. The zero-order valence-corrected chi connectivity index (χ0v) is 15.9. The molecule has 3 aromatic heterocycles. The van der Waals surface area contributed by atoms with Crippen LogP contribution in [0.1, 0.15) is 23.1 Å². The van der Waals surface area contributed by atoms with Crippen LogP contribution in [0.5, 0.6) is 0 Å². The predicted molar refractivity (Wildman–Crippen MR) is 113 cm³/mol. The van der Waals surface area contributed by atoms with Crippen molar-refractivity contribution >= 4 is 16.6 Å². The van der Waals surface area contributed by atoms with Gasteiger partial charge in [0, 0.05) is 54.1 Å². The van der Waals surface area contributed by atoms with Crippen LogP contribution >= 0.6 is 0 Å². The number of nitrogens with zero attached hydrogens (tertiary/aromatic N) is 4. The number of fused-ring (bicyclic) bond motifs is 1. The summed E-state index contributed by atoms with van der Waals surface area (Å²) in [6.45, 7) is 2.70. The van der Waals surface area contributed by atoms with E-state index in [4.69, 9.17) is 5.26 Å². The Labute approximate surface area is 168 Å². The van der Waals surface area contributed by atoms with Gasteiger partial charge in [-0.25, -0.2) is 4.98 Å². The van der Waals surface area contributed by atoms with Crippen molar-refractivity contribution in [1.82, 2.24) is 25.1 Å². The number of aromatic nitrogens is 4.